The number of ketones is 1. The maximum atomic E-state index is 10.0. The number of aliphatic hydroxyl groups is 1. The van der Waals surface area contributed by atoms with Gasteiger partial charge < -0.3 is 5.11 Å². The van der Waals surface area contributed by atoms with Crippen molar-refractivity contribution in [3.63, 3.8) is 0 Å². The van der Waals surface area contributed by atoms with Crippen molar-refractivity contribution in [2.75, 3.05) is 13.3 Å². The normalized spacial score (nSPS) is 12.0. The average molecular weight is 461 g/mol. The summed E-state index contributed by atoms with van der Waals surface area (Å²) in [5.41, 5.74) is 2.09. The number of carbonyl (C=O) groups is 1. The smallest absolute Gasteiger partial charge is 0.155 e. The fraction of sp³-hybridized carbons (Fsp3) is 0.400. The van der Waals surface area contributed by atoms with Crippen LogP contribution in [0.1, 0.15) is 32.0 Å². The predicted octanol–water partition coefficient (Wildman–Crippen LogP) is 4.06. The van der Waals surface area contributed by atoms with E-state index in [2.05, 4.69) is 38.5 Å². The van der Waals surface area contributed by atoms with E-state index in [0.29, 0.717) is 0 Å². The Balaban J connectivity index is 0. The maximum Gasteiger partial charge on any atom is 0.155 e. The summed E-state index contributed by atoms with van der Waals surface area (Å²) in [5.74, 6) is -0.0625. The molecule has 0 aromatic heterocycles. The molecule has 1 rings (SSSR count). The average Bonchev–Trinajstić information content (AvgIpc) is 2.28. The molecule has 1 atom stereocenters. The molecule has 1 aromatic carbocycles. The molecule has 1 unspecified atom stereocenters. The van der Waals surface area contributed by atoms with Gasteiger partial charge in [0, 0.05) is 40.5 Å². The van der Waals surface area contributed by atoms with E-state index in [0.717, 1.165) is 5.66 Å². The summed E-state index contributed by atoms with van der Waals surface area (Å²) in [5, 5.41) is 8.36. The van der Waals surface area contributed by atoms with Gasteiger partial charge in [0.15, 0.2) is 5.78 Å². The summed E-state index contributed by atoms with van der Waals surface area (Å²) in [6, 6.07) is 11.6. The van der Waals surface area contributed by atoms with Gasteiger partial charge in [-0.2, -0.15) is 30.3 Å². The SMILES string of the molecule is CC(=O)/C=C(/C)O.CC(c1[c-]cccc1)[PH+](C)C.[Pt]. The van der Waals surface area contributed by atoms with Crippen LogP contribution in [0.15, 0.2) is 36.1 Å². The summed E-state index contributed by atoms with van der Waals surface area (Å²) in [7, 11) is -0.196. The van der Waals surface area contributed by atoms with Crippen LogP contribution in [0, 0.1) is 6.07 Å². The van der Waals surface area contributed by atoms with E-state index in [-0.39, 0.29) is 40.5 Å². The van der Waals surface area contributed by atoms with E-state index < -0.39 is 0 Å². The van der Waals surface area contributed by atoms with Crippen LogP contribution in [0.3, 0.4) is 0 Å². The Labute approximate surface area is 132 Å². The minimum absolute atomic E-state index is 0. The molecule has 0 heterocycles. The van der Waals surface area contributed by atoms with Crippen LogP contribution < -0.4 is 0 Å². The first-order valence-corrected chi connectivity index (χ1v) is 8.56. The van der Waals surface area contributed by atoms with Crippen LogP contribution in [0.5, 0.6) is 0 Å². The quantitative estimate of drug-likeness (QED) is 0.319. The van der Waals surface area contributed by atoms with E-state index in [1.165, 1.54) is 25.5 Å². The Kier molecular flexibility index (Phi) is 12.5. The molecule has 4 heteroatoms. The van der Waals surface area contributed by atoms with Crippen LogP contribution in [0.4, 0.5) is 0 Å². The third kappa shape index (κ3) is 11.1. The zero-order valence-electron chi connectivity index (χ0n) is 12.1. The molecular formula is C15H23O2PPt. The van der Waals surface area contributed by atoms with Gasteiger partial charge >= 0.3 is 0 Å². The Hall–Kier alpha value is -0.452. The van der Waals surface area contributed by atoms with Crippen molar-refractivity contribution < 1.29 is 31.0 Å². The van der Waals surface area contributed by atoms with Crippen molar-refractivity contribution in [1.29, 1.82) is 0 Å². The molecule has 0 aliphatic carbocycles. The fourth-order valence-corrected chi connectivity index (χ4v) is 2.08. The van der Waals surface area contributed by atoms with Gasteiger partial charge in [0.25, 0.3) is 0 Å². The third-order valence-corrected chi connectivity index (χ3v) is 4.52. The topological polar surface area (TPSA) is 37.3 Å². The standard InChI is InChI=1S/C10H14P.C5H8O2.Pt/c1-9(11(2)3)10-7-5-4-6-8-10;1-4(6)3-5(2)7;/h4-7,9H,1-3H3;3,6H,1-2H3;/q-1;;/p+1/b;4-3-;. The van der Waals surface area contributed by atoms with Gasteiger partial charge in [0.1, 0.15) is 0 Å². The third-order valence-electron chi connectivity index (χ3n) is 2.48. The van der Waals surface area contributed by atoms with Crippen molar-refractivity contribution in [2.24, 2.45) is 0 Å². The number of aliphatic hydroxyl groups excluding tert-OH is 1. The monoisotopic (exact) mass is 461 g/mol. The first-order valence-electron chi connectivity index (χ1n) is 5.99. The molecule has 2 nitrogen and oxygen atoms in total. The van der Waals surface area contributed by atoms with Crippen LogP contribution in [-0.4, -0.2) is 24.2 Å². The van der Waals surface area contributed by atoms with E-state index >= 15 is 0 Å². The van der Waals surface area contributed by atoms with Crippen molar-refractivity contribution >= 4 is 13.7 Å². The molecule has 110 valence electrons. The van der Waals surface area contributed by atoms with Gasteiger partial charge in [-0.05, 0) is 28.7 Å². The van der Waals surface area contributed by atoms with Crippen LogP contribution in [0.2, 0.25) is 0 Å². The van der Waals surface area contributed by atoms with Gasteiger partial charge in [-0.1, -0.05) is 0 Å². The van der Waals surface area contributed by atoms with Gasteiger partial charge in [-0.25, -0.2) is 0 Å². The van der Waals surface area contributed by atoms with Gasteiger partial charge in [-0.3, -0.25) is 4.79 Å². The number of hydrogen-bond donors (Lipinski definition) is 1. The molecule has 0 bridgehead atoms. The number of rotatable bonds is 3. The molecule has 0 spiro atoms. The molecule has 0 amide bonds. The molecule has 0 saturated carbocycles. The van der Waals surface area contributed by atoms with Crippen molar-refractivity contribution in [2.45, 2.75) is 26.4 Å². The van der Waals surface area contributed by atoms with Crippen LogP contribution in [-0.2, 0) is 25.9 Å². The largest absolute Gasteiger partial charge is 0.512 e. The van der Waals surface area contributed by atoms with E-state index in [9.17, 15) is 4.79 Å². The minimum Gasteiger partial charge on any atom is -0.512 e. The summed E-state index contributed by atoms with van der Waals surface area (Å²) in [6.45, 7) is 9.83. The van der Waals surface area contributed by atoms with Crippen molar-refractivity contribution in [3.05, 3.63) is 47.7 Å². The summed E-state index contributed by atoms with van der Waals surface area (Å²) in [6.07, 6.45) is 1.17. The molecular weight excluding hydrogens is 438 g/mol. The van der Waals surface area contributed by atoms with Crippen LogP contribution >= 0.6 is 7.92 Å². The molecule has 0 aliphatic heterocycles. The number of allylic oxidation sites excluding steroid dienone is 2. The second-order valence-electron chi connectivity index (χ2n) is 4.51. The van der Waals surface area contributed by atoms with Gasteiger partial charge in [0.2, 0.25) is 0 Å². The molecule has 0 fully saturated rings. The van der Waals surface area contributed by atoms with Gasteiger partial charge in [-0.15, -0.1) is 5.56 Å². The molecule has 19 heavy (non-hydrogen) atoms. The maximum absolute atomic E-state index is 10.0. The first-order chi connectivity index (χ1) is 8.34. The van der Waals surface area contributed by atoms with Crippen molar-refractivity contribution in [3.8, 4) is 0 Å². The summed E-state index contributed by atoms with van der Waals surface area (Å²) >= 11 is 0. The molecule has 0 aliphatic rings. The summed E-state index contributed by atoms with van der Waals surface area (Å²) < 4.78 is 0. The van der Waals surface area contributed by atoms with Crippen LogP contribution in [0.25, 0.3) is 0 Å². The Morgan fingerprint density at radius 2 is 1.95 bits per heavy atom. The molecule has 1 aromatic rings. The zero-order valence-corrected chi connectivity index (χ0v) is 15.4. The Bertz CT molecular complexity index is 384. The Morgan fingerprint density at radius 1 is 1.37 bits per heavy atom. The van der Waals surface area contributed by atoms with E-state index in [4.69, 9.17) is 5.11 Å². The number of benzene rings is 1. The fourth-order valence-electron chi connectivity index (χ4n) is 1.28. The van der Waals surface area contributed by atoms with E-state index in [1.807, 2.05) is 12.1 Å². The van der Waals surface area contributed by atoms with Crippen molar-refractivity contribution in [1.82, 2.24) is 0 Å². The minimum atomic E-state index is -0.196. The van der Waals surface area contributed by atoms with Gasteiger partial charge in [0.05, 0.1) is 11.4 Å². The molecule has 0 saturated heterocycles. The zero-order chi connectivity index (χ0) is 14.1. The number of carbonyl (C=O) groups excluding carboxylic acids is 1. The molecule has 1 N–H and O–H groups in total. The summed E-state index contributed by atoms with van der Waals surface area (Å²) in [4.78, 5) is 10.0. The molecule has 0 radical (unpaired) electrons. The van der Waals surface area contributed by atoms with E-state index in [1.54, 1.807) is 0 Å². The second kappa shape index (κ2) is 11.4. The predicted molar refractivity (Wildman–Crippen MR) is 80.9 cm³/mol. The second-order valence-corrected chi connectivity index (χ2v) is 7.53. The first kappa shape index (κ1) is 20.9. The number of hydrogen-bond acceptors (Lipinski definition) is 2. The Morgan fingerprint density at radius 3 is 2.21 bits per heavy atom.